The molecular weight excluding hydrogens is 426 g/mol. The second-order valence-electron chi connectivity index (χ2n) is 9.02. The van der Waals surface area contributed by atoms with Crippen molar-refractivity contribution in [2.75, 3.05) is 0 Å². The summed E-state index contributed by atoms with van der Waals surface area (Å²) in [4.78, 5) is 15.8. The van der Waals surface area contributed by atoms with Gasteiger partial charge in [0.25, 0.3) is 5.92 Å². The highest BCUT2D eigenvalue weighted by Gasteiger charge is 2.78. The highest BCUT2D eigenvalue weighted by molar-refractivity contribution is 5.87. The van der Waals surface area contributed by atoms with Crippen LogP contribution in [-0.2, 0) is 17.5 Å². The molecule has 11 heteroatoms. The number of hydrogen-bond acceptors (Lipinski definition) is 3. The number of alkyl halides is 5. The van der Waals surface area contributed by atoms with Crippen LogP contribution >= 0.6 is 0 Å². The number of aromatic nitrogens is 3. The van der Waals surface area contributed by atoms with Crippen molar-refractivity contribution in [3.8, 4) is 11.3 Å². The molecule has 1 aliphatic heterocycles. The number of nitrogens with one attached hydrogen (secondary N) is 1. The first kappa shape index (κ1) is 20.3. The Morgan fingerprint density at radius 2 is 1.87 bits per heavy atom. The molecule has 6 rings (SSSR count). The second kappa shape index (κ2) is 6.01. The van der Waals surface area contributed by atoms with E-state index >= 15 is 0 Å². The Kier molecular flexibility index (Phi) is 3.94. The predicted octanol–water partition coefficient (Wildman–Crippen LogP) is 4.49. The third kappa shape index (κ3) is 2.88. The lowest BCUT2D eigenvalue weighted by molar-refractivity contribution is -0.296. The van der Waals surface area contributed by atoms with Crippen molar-refractivity contribution in [3.63, 3.8) is 0 Å². The van der Waals surface area contributed by atoms with Gasteiger partial charge in [0.05, 0.1) is 29.0 Å². The first-order chi connectivity index (χ1) is 14.3. The van der Waals surface area contributed by atoms with Crippen molar-refractivity contribution in [1.82, 2.24) is 20.1 Å². The number of rotatable bonds is 4. The molecule has 166 valence electrons. The van der Waals surface area contributed by atoms with E-state index in [1.807, 2.05) is 0 Å². The number of halogens is 6. The summed E-state index contributed by atoms with van der Waals surface area (Å²) in [5.74, 6) is -4.06. The van der Waals surface area contributed by atoms with Gasteiger partial charge in [0.2, 0.25) is 5.91 Å². The van der Waals surface area contributed by atoms with E-state index in [1.54, 1.807) is 0 Å². The van der Waals surface area contributed by atoms with Crippen molar-refractivity contribution < 1.29 is 31.1 Å². The quantitative estimate of drug-likeness (QED) is 0.707. The Balaban J connectivity index is 1.34. The molecule has 2 bridgehead atoms. The van der Waals surface area contributed by atoms with Crippen LogP contribution in [-0.4, -0.2) is 26.6 Å². The third-order valence-electron chi connectivity index (χ3n) is 6.97. The minimum atomic E-state index is -4.73. The molecule has 3 heterocycles. The van der Waals surface area contributed by atoms with E-state index < -0.39 is 40.5 Å². The van der Waals surface area contributed by atoms with Crippen LogP contribution in [0.3, 0.4) is 0 Å². The van der Waals surface area contributed by atoms with Gasteiger partial charge in [0.1, 0.15) is 5.69 Å². The molecule has 3 aliphatic carbocycles. The highest BCUT2D eigenvalue weighted by Crippen LogP contribution is 2.78. The van der Waals surface area contributed by atoms with Crippen LogP contribution in [0.5, 0.6) is 0 Å². The average molecular weight is 444 g/mol. The molecule has 1 N–H and O–H groups in total. The minimum Gasteiger partial charge on any atom is -0.347 e. The van der Waals surface area contributed by atoms with E-state index in [0.29, 0.717) is 30.9 Å². The molecule has 5 nitrogen and oxygen atoms in total. The van der Waals surface area contributed by atoms with Gasteiger partial charge >= 0.3 is 6.18 Å². The van der Waals surface area contributed by atoms with Gasteiger partial charge in [-0.3, -0.25) is 9.48 Å². The summed E-state index contributed by atoms with van der Waals surface area (Å²) < 4.78 is 81.8. The molecule has 2 aromatic rings. The SMILES string of the molecule is CC(F)(F)C12CC(C(=O)N[C@H]3CCn4nc(-c5cc(C(F)(F)F)ncc5F)cc43)(C1)C2. The maximum absolute atomic E-state index is 14.2. The van der Waals surface area contributed by atoms with Gasteiger partial charge in [-0.1, -0.05) is 0 Å². The third-order valence-corrected chi connectivity index (χ3v) is 6.97. The molecule has 4 aliphatic rings. The zero-order valence-corrected chi connectivity index (χ0v) is 16.4. The van der Waals surface area contributed by atoms with Crippen LogP contribution in [0, 0.1) is 16.6 Å². The van der Waals surface area contributed by atoms with E-state index in [2.05, 4.69) is 15.4 Å². The van der Waals surface area contributed by atoms with Crippen molar-refractivity contribution in [1.29, 1.82) is 0 Å². The van der Waals surface area contributed by atoms with Crippen LogP contribution in [0.15, 0.2) is 18.3 Å². The van der Waals surface area contributed by atoms with Crippen molar-refractivity contribution in [2.24, 2.45) is 10.8 Å². The molecule has 0 aromatic carbocycles. The van der Waals surface area contributed by atoms with E-state index in [0.717, 1.165) is 6.92 Å². The van der Waals surface area contributed by atoms with Crippen LogP contribution in [0.25, 0.3) is 11.3 Å². The number of fused-ring (bicyclic) bond motifs is 1. The normalized spacial score (nSPS) is 29.2. The van der Waals surface area contributed by atoms with Crippen LogP contribution < -0.4 is 5.32 Å². The lowest BCUT2D eigenvalue weighted by Gasteiger charge is -2.70. The molecule has 3 saturated carbocycles. The summed E-state index contributed by atoms with van der Waals surface area (Å²) in [5.41, 5.74) is -2.86. The number of pyridine rings is 1. The van der Waals surface area contributed by atoms with E-state index in [9.17, 15) is 31.1 Å². The van der Waals surface area contributed by atoms with Crippen molar-refractivity contribution in [3.05, 3.63) is 35.5 Å². The zero-order valence-electron chi connectivity index (χ0n) is 16.4. The smallest absolute Gasteiger partial charge is 0.347 e. The van der Waals surface area contributed by atoms with Gasteiger partial charge in [0.15, 0.2) is 5.82 Å². The molecule has 31 heavy (non-hydrogen) atoms. The van der Waals surface area contributed by atoms with Gasteiger partial charge in [0, 0.05) is 17.5 Å². The topological polar surface area (TPSA) is 59.8 Å². The molecule has 0 spiro atoms. The second-order valence-corrected chi connectivity index (χ2v) is 9.02. The van der Waals surface area contributed by atoms with Gasteiger partial charge in [-0.05, 0) is 44.7 Å². The van der Waals surface area contributed by atoms with Gasteiger partial charge in [-0.25, -0.2) is 18.2 Å². The maximum Gasteiger partial charge on any atom is 0.433 e. The average Bonchev–Trinajstić information content (AvgIpc) is 3.12. The standard InChI is InChI=1S/C20H18F6N4O/c1-17(22,23)19-7-18(8-19,9-19)16(31)28-12-2-3-30-14(12)5-13(29-30)10-4-15(20(24,25)26)27-6-11(10)21/h4-6,12H,2-3,7-9H2,1H3,(H,28,31)/t12-,18?,19?/m0/s1. The van der Waals surface area contributed by atoms with Gasteiger partial charge in [-0.2, -0.15) is 18.3 Å². The number of hydrogen-bond donors (Lipinski definition) is 1. The lowest BCUT2D eigenvalue weighted by Crippen LogP contribution is -2.73. The zero-order chi connectivity index (χ0) is 22.4. The van der Waals surface area contributed by atoms with Crippen molar-refractivity contribution in [2.45, 2.75) is 57.3 Å². The number of carbonyl (C=O) groups is 1. The first-order valence-electron chi connectivity index (χ1n) is 9.83. The van der Waals surface area contributed by atoms with Gasteiger partial charge < -0.3 is 5.32 Å². The Bertz CT molecular complexity index is 1070. The Labute approximate surface area is 172 Å². The number of aryl methyl sites for hydroxylation is 1. The fraction of sp³-hybridized carbons (Fsp3) is 0.550. The van der Waals surface area contributed by atoms with Gasteiger partial charge in [-0.15, -0.1) is 0 Å². The van der Waals surface area contributed by atoms with E-state index in [-0.39, 0.29) is 36.4 Å². The summed E-state index contributed by atoms with van der Waals surface area (Å²) in [6.45, 7) is 1.27. The molecule has 2 aromatic heterocycles. The van der Waals surface area contributed by atoms with Crippen LogP contribution in [0.1, 0.15) is 50.0 Å². The summed E-state index contributed by atoms with van der Waals surface area (Å²) in [5, 5.41) is 7.05. The Hall–Kier alpha value is -2.59. The number of amides is 1. The van der Waals surface area contributed by atoms with E-state index in [4.69, 9.17) is 0 Å². The molecular formula is C20H18F6N4O. The fourth-order valence-electron chi connectivity index (χ4n) is 5.16. The highest BCUT2D eigenvalue weighted by atomic mass is 19.4. The molecule has 0 unspecified atom stereocenters. The van der Waals surface area contributed by atoms with Crippen molar-refractivity contribution >= 4 is 5.91 Å². The molecule has 1 atom stereocenters. The summed E-state index contributed by atoms with van der Waals surface area (Å²) in [7, 11) is 0. The molecule has 3 fully saturated rings. The van der Waals surface area contributed by atoms with Crippen LogP contribution in [0.4, 0.5) is 26.3 Å². The largest absolute Gasteiger partial charge is 0.433 e. The van der Waals surface area contributed by atoms with Crippen LogP contribution in [0.2, 0.25) is 0 Å². The number of nitrogens with zero attached hydrogens (tertiary/aromatic N) is 3. The first-order valence-corrected chi connectivity index (χ1v) is 9.83. The Morgan fingerprint density at radius 1 is 1.19 bits per heavy atom. The molecule has 0 saturated heterocycles. The summed E-state index contributed by atoms with van der Waals surface area (Å²) in [6, 6.07) is 1.58. The lowest BCUT2D eigenvalue weighted by atomic mass is 9.33. The monoisotopic (exact) mass is 444 g/mol. The Morgan fingerprint density at radius 3 is 2.48 bits per heavy atom. The molecule has 1 amide bonds. The fourth-order valence-corrected chi connectivity index (χ4v) is 5.16. The molecule has 0 radical (unpaired) electrons. The summed E-state index contributed by atoms with van der Waals surface area (Å²) in [6.07, 6.45) is -3.27. The predicted molar refractivity (Wildman–Crippen MR) is 95.3 cm³/mol. The van der Waals surface area contributed by atoms with E-state index in [1.165, 1.54) is 10.7 Å². The summed E-state index contributed by atoms with van der Waals surface area (Å²) >= 11 is 0. The minimum absolute atomic E-state index is 0.00874. The maximum atomic E-state index is 14.2. The number of carbonyl (C=O) groups excluding carboxylic acids is 1.